The summed E-state index contributed by atoms with van der Waals surface area (Å²) in [5.41, 5.74) is 5.96. The standard InChI is InChI=1S/C14H22N2O4.ClH/c1-19-11-6-10(7-12(8-11)20-2)13(17)9-16-14(18)4-3-5-15;/h6-8,13,17H,3-5,9,15H2,1-2H3,(H,16,18);1H. The molecule has 1 unspecified atom stereocenters. The zero-order valence-electron chi connectivity index (χ0n) is 12.3. The normalized spacial score (nSPS) is 11.2. The molecule has 0 spiro atoms. The van der Waals surface area contributed by atoms with Gasteiger partial charge in [-0.3, -0.25) is 4.79 Å². The molecular formula is C14H23ClN2O4. The molecule has 0 aromatic heterocycles. The summed E-state index contributed by atoms with van der Waals surface area (Å²) in [5.74, 6) is 1.06. The van der Waals surface area contributed by atoms with E-state index in [9.17, 15) is 9.90 Å². The fraction of sp³-hybridized carbons (Fsp3) is 0.500. The van der Waals surface area contributed by atoms with E-state index < -0.39 is 6.10 Å². The first-order chi connectivity index (χ1) is 9.60. The number of nitrogens with two attached hydrogens (primary N) is 1. The van der Waals surface area contributed by atoms with E-state index in [-0.39, 0.29) is 24.9 Å². The molecule has 1 aromatic carbocycles. The Kier molecular flexibility index (Phi) is 9.53. The summed E-state index contributed by atoms with van der Waals surface area (Å²) in [7, 11) is 3.08. The first kappa shape index (κ1) is 19.5. The number of carbonyl (C=O) groups is 1. The average Bonchev–Trinajstić information content (AvgIpc) is 2.49. The van der Waals surface area contributed by atoms with Crippen LogP contribution in [0.4, 0.5) is 0 Å². The molecule has 1 aromatic rings. The van der Waals surface area contributed by atoms with Crippen LogP contribution in [0.2, 0.25) is 0 Å². The first-order valence-corrected chi connectivity index (χ1v) is 6.48. The topological polar surface area (TPSA) is 93.8 Å². The van der Waals surface area contributed by atoms with Crippen LogP contribution in [0.1, 0.15) is 24.5 Å². The number of aliphatic hydroxyl groups excluding tert-OH is 1. The lowest BCUT2D eigenvalue weighted by atomic mass is 10.1. The van der Waals surface area contributed by atoms with Crippen LogP contribution in [0.15, 0.2) is 18.2 Å². The Morgan fingerprint density at radius 1 is 1.29 bits per heavy atom. The minimum absolute atomic E-state index is 0. The molecule has 1 amide bonds. The molecule has 0 saturated carbocycles. The highest BCUT2D eigenvalue weighted by Gasteiger charge is 2.12. The van der Waals surface area contributed by atoms with E-state index in [2.05, 4.69) is 5.32 Å². The molecule has 4 N–H and O–H groups in total. The average molecular weight is 319 g/mol. The fourth-order valence-electron chi connectivity index (χ4n) is 1.70. The third-order valence-electron chi connectivity index (χ3n) is 2.86. The number of rotatable bonds is 8. The summed E-state index contributed by atoms with van der Waals surface area (Å²) in [6.45, 7) is 0.614. The molecule has 1 atom stereocenters. The third kappa shape index (κ3) is 6.66. The summed E-state index contributed by atoms with van der Waals surface area (Å²) in [6, 6.07) is 5.13. The first-order valence-electron chi connectivity index (χ1n) is 6.48. The Labute approximate surface area is 131 Å². The zero-order chi connectivity index (χ0) is 15.0. The van der Waals surface area contributed by atoms with E-state index in [4.69, 9.17) is 15.2 Å². The van der Waals surface area contributed by atoms with Gasteiger partial charge in [0.1, 0.15) is 11.5 Å². The number of hydrogen-bond donors (Lipinski definition) is 3. The van der Waals surface area contributed by atoms with Gasteiger partial charge in [-0.05, 0) is 30.7 Å². The van der Waals surface area contributed by atoms with Gasteiger partial charge >= 0.3 is 0 Å². The van der Waals surface area contributed by atoms with Crippen LogP contribution in [0, 0.1) is 0 Å². The molecule has 6 nitrogen and oxygen atoms in total. The van der Waals surface area contributed by atoms with Crippen molar-refractivity contribution in [1.82, 2.24) is 5.32 Å². The number of ether oxygens (including phenoxy) is 2. The minimum atomic E-state index is -0.819. The highest BCUT2D eigenvalue weighted by Crippen LogP contribution is 2.26. The van der Waals surface area contributed by atoms with Crippen molar-refractivity contribution in [2.75, 3.05) is 27.3 Å². The summed E-state index contributed by atoms with van der Waals surface area (Å²) >= 11 is 0. The van der Waals surface area contributed by atoms with Crippen LogP contribution in [-0.2, 0) is 4.79 Å². The molecule has 0 heterocycles. The smallest absolute Gasteiger partial charge is 0.220 e. The van der Waals surface area contributed by atoms with Crippen molar-refractivity contribution in [1.29, 1.82) is 0 Å². The van der Waals surface area contributed by atoms with Crippen LogP contribution in [0.25, 0.3) is 0 Å². The molecule has 1 rings (SSSR count). The van der Waals surface area contributed by atoms with E-state index in [1.807, 2.05) is 0 Å². The Morgan fingerprint density at radius 3 is 2.33 bits per heavy atom. The van der Waals surface area contributed by atoms with Gasteiger partial charge in [-0.15, -0.1) is 12.4 Å². The maximum absolute atomic E-state index is 11.5. The lowest BCUT2D eigenvalue weighted by Gasteiger charge is -2.14. The molecule has 0 saturated heterocycles. The summed E-state index contributed by atoms with van der Waals surface area (Å²) in [4.78, 5) is 11.5. The maximum atomic E-state index is 11.5. The number of aliphatic hydroxyl groups is 1. The van der Waals surface area contributed by atoms with Gasteiger partial charge in [0.15, 0.2) is 0 Å². The molecule has 0 aliphatic rings. The highest BCUT2D eigenvalue weighted by molar-refractivity contribution is 5.85. The van der Waals surface area contributed by atoms with Crippen LogP contribution in [0.3, 0.4) is 0 Å². The van der Waals surface area contributed by atoms with E-state index in [1.54, 1.807) is 32.4 Å². The molecular weight excluding hydrogens is 296 g/mol. The van der Waals surface area contributed by atoms with E-state index in [1.165, 1.54) is 0 Å². The van der Waals surface area contributed by atoms with Gasteiger partial charge in [0.2, 0.25) is 5.91 Å². The molecule has 0 bridgehead atoms. The van der Waals surface area contributed by atoms with Crippen molar-refractivity contribution in [2.24, 2.45) is 5.73 Å². The lowest BCUT2D eigenvalue weighted by molar-refractivity contribution is -0.121. The van der Waals surface area contributed by atoms with Crippen LogP contribution in [-0.4, -0.2) is 38.3 Å². The molecule has 0 fully saturated rings. The van der Waals surface area contributed by atoms with Crippen LogP contribution < -0.4 is 20.5 Å². The Morgan fingerprint density at radius 2 is 1.86 bits per heavy atom. The summed E-state index contributed by atoms with van der Waals surface area (Å²) in [6.07, 6.45) is 0.181. The zero-order valence-corrected chi connectivity index (χ0v) is 13.1. The van der Waals surface area contributed by atoms with Gasteiger partial charge in [-0.2, -0.15) is 0 Å². The number of carbonyl (C=O) groups excluding carboxylic acids is 1. The lowest BCUT2D eigenvalue weighted by Crippen LogP contribution is -2.28. The SMILES string of the molecule is COc1cc(OC)cc(C(O)CNC(=O)CCCN)c1.Cl. The second-order valence-corrected chi connectivity index (χ2v) is 4.36. The van der Waals surface area contributed by atoms with E-state index in [0.717, 1.165) is 0 Å². The van der Waals surface area contributed by atoms with Crippen molar-refractivity contribution < 1.29 is 19.4 Å². The summed E-state index contributed by atoms with van der Waals surface area (Å²) < 4.78 is 10.3. The van der Waals surface area contributed by atoms with Crippen molar-refractivity contribution in [3.8, 4) is 11.5 Å². The van der Waals surface area contributed by atoms with Crippen molar-refractivity contribution in [3.63, 3.8) is 0 Å². The quantitative estimate of drug-likeness (QED) is 0.665. The number of benzene rings is 1. The van der Waals surface area contributed by atoms with Gasteiger partial charge < -0.3 is 25.6 Å². The Balaban J connectivity index is 0.00000400. The van der Waals surface area contributed by atoms with Crippen LogP contribution >= 0.6 is 12.4 Å². The summed E-state index contributed by atoms with van der Waals surface area (Å²) in [5, 5.41) is 12.7. The number of halogens is 1. The third-order valence-corrected chi connectivity index (χ3v) is 2.86. The van der Waals surface area contributed by atoms with Crippen molar-refractivity contribution in [3.05, 3.63) is 23.8 Å². The van der Waals surface area contributed by atoms with Gasteiger partial charge in [-0.1, -0.05) is 0 Å². The van der Waals surface area contributed by atoms with Crippen molar-refractivity contribution in [2.45, 2.75) is 18.9 Å². The molecule has 0 radical (unpaired) electrons. The van der Waals surface area contributed by atoms with Crippen molar-refractivity contribution >= 4 is 18.3 Å². The minimum Gasteiger partial charge on any atom is -0.497 e. The monoisotopic (exact) mass is 318 g/mol. The number of hydrogen-bond acceptors (Lipinski definition) is 5. The predicted molar refractivity (Wildman–Crippen MR) is 83.1 cm³/mol. The van der Waals surface area contributed by atoms with Crippen LogP contribution in [0.5, 0.6) is 11.5 Å². The largest absolute Gasteiger partial charge is 0.497 e. The maximum Gasteiger partial charge on any atom is 0.220 e. The predicted octanol–water partition coefficient (Wildman–Crippen LogP) is 1.01. The number of methoxy groups -OCH3 is 2. The number of nitrogens with one attached hydrogen (secondary N) is 1. The fourth-order valence-corrected chi connectivity index (χ4v) is 1.70. The van der Waals surface area contributed by atoms with Gasteiger partial charge in [0.05, 0.1) is 20.3 Å². The second-order valence-electron chi connectivity index (χ2n) is 4.36. The molecule has 0 aliphatic carbocycles. The highest BCUT2D eigenvalue weighted by atomic mass is 35.5. The Bertz CT molecular complexity index is 421. The van der Waals surface area contributed by atoms with E-state index in [0.29, 0.717) is 36.4 Å². The molecule has 7 heteroatoms. The number of amides is 1. The van der Waals surface area contributed by atoms with E-state index >= 15 is 0 Å². The van der Waals surface area contributed by atoms with Gasteiger partial charge in [0.25, 0.3) is 0 Å². The van der Waals surface area contributed by atoms with Gasteiger partial charge in [0, 0.05) is 19.0 Å². The van der Waals surface area contributed by atoms with Gasteiger partial charge in [-0.25, -0.2) is 0 Å². The molecule has 120 valence electrons. The molecule has 0 aliphatic heterocycles. The molecule has 21 heavy (non-hydrogen) atoms. The Hall–Kier alpha value is -1.50. The second kappa shape index (κ2) is 10.3.